The predicted octanol–water partition coefficient (Wildman–Crippen LogP) is 3.86. The minimum Gasteiger partial charge on any atom is -0.363 e. The lowest BCUT2D eigenvalue weighted by Crippen LogP contribution is -2.52. The summed E-state index contributed by atoms with van der Waals surface area (Å²) in [7, 11) is 3.97. The molecule has 7 heteroatoms. The summed E-state index contributed by atoms with van der Waals surface area (Å²) in [5.41, 5.74) is 1.60. The van der Waals surface area contributed by atoms with Crippen molar-refractivity contribution in [3.05, 3.63) is 59.5 Å². The Morgan fingerprint density at radius 2 is 1.79 bits per heavy atom. The van der Waals surface area contributed by atoms with Gasteiger partial charge in [0.05, 0.1) is 6.42 Å². The van der Waals surface area contributed by atoms with Gasteiger partial charge in [-0.05, 0) is 61.1 Å². The quantitative estimate of drug-likeness (QED) is 0.672. The number of aromatic nitrogens is 1. The van der Waals surface area contributed by atoms with Crippen molar-refractivity contribution in [2.45, 2.75) is 44.9 Å². The molecule has 0 N–H and O–H groups in total. The highest BCUT2D eigenvalue weighted by molar-refractivity contribution is 5.84. The lowest BCUT2D eigenvalue weighted by Gasteiger charge is -2.43. The van der Waals surface area contributed by atoms with Crippen LogP contribution < -0.4 is 4.90 Å². The van der Waals surface area contributed by atoms with Crippen LogP contribution >= 0.6 is 0 Å². The second kappa shape index (κ2) is 10.1. The van der Waals surface area contributed by atoms with Gasteiger partial charge in [-0.25, -0.2) is 9.37 Å². The lowest BCUT2D eigenvalue weighted by molar-refractivity contribution is -0.148. The number of carbonyl (C=O) groups excluding carboxylic acids is 2. The van der Waals surface area contributed by atoms with E-state index in [-0.39, 0.29) is 24.1 Å². The predicted molar refractivity (Wildman–Crippen MR) is 131 cm³/mol. The van der Waals surface area contributed by atoms with Gasteiger partial charge in [0.2, 0.25) is 11.8 Å². The van der Waals surface area contributed by atoms with Crippen LogP contribution in [-0.2, 0) is 16.0 Å². The summed E-state index contributed by atoms with van der Waals surface area (Å²) in [6, 6.07) is 10.3. The van der Waals surface area contributed by atoms with Crippen LogP contribution in [0.1, 0.15) is 49.7 Å². The zero-order chi connectivity index (χ0) is 24.3. The van der Waals surface area contributed by atoms with E-state index in [1.54, 1.807) is 12.1 Å². The highest BCUT2D eigenvalue weighted by Gasteiger charge is 2.41. The number of halogens is 1. The van der Waals surface area contributed by atoms with Crippen molar-refractivity contribution in [1.82, 2.24) is 14.8 Å². The lowest BCUT2D eigenvalue weighted by atomic mass is 9.78. The molecule has 2 amide bonds. The van der Waals surface area contributed by atoms with E-state index in [2.05, 4.69) is 24.0 Å². The fourth-order valence-electron chi connectivity index (χ4n) is 5.10. The standard InChI is InChI=1S/C27H35FN4O2/c1-27(11-15-31(16-12-27)25(33)17-20-6-8-23(28)9-7-20)26(34)32-14-4-5-22(19-32)21-10-13-29-24(18-21)30(2)3/h6-10,13,18,22H,4-5,11-12,14-17,19H2,1-3H3/t22-/m1/s1. The molecule has 3 heterocycles. The molecule has 2 aromatic rings. The second-order valence-electron chi connectivity index (χ2n) is 10.2. The first kappa shape index (κ1) is 24.2. The number of benzene rings is 1. The third-order valence-electron chi connectivity index (χ3n) is 7.41. The summed E-state index contributed by atoms with van der Waals surface area (Å²) in [6.45, 7) is 4.74. The Balaban J connectivity index is 1.35. The Morgan fingerprint density at radius 3 is 2.47 bits per heavy atom. The Kier molecular flexibility index (Phi) is 7.19. The molecule has 1 atom stereocenters. The summed E-state index contributed by atoms with van der Waals surface area (Å²) >= 11 is 0. The van der Waals surface area contributed by atoms with Gasteiger partial charge in [-0.3, -0.25) is 9.59 Å². The van der Waals surface area contributed by atoms with Crippen molar-refractivity contribution in [1.29, 1.82) is 0 Å². The fraction of sp³-hybridized carbons (Fsp3) is 0.519. The Hall–Kier alpha value is -2.96. The van der Waals surface area contributed by atoms with Crippen molar-refractivity contribution in [2.75, 3.05) is 45.2 Å². The molecule has 0 unspecified atom stereocenters. The van der Waals surface area contributed by atoms with Crippen LogP contribution in [0.4, 0.5) is 10.2 Å². The maximum Gasteiger partial charge on any atom is 0.228 e. The second-order valence-corrected chi connectivity index (χ2v) is 10.2. The summed E-state index contributed by atoms with van der Waals surface area (Å²) < 4.78 is 13.1. The van der Waals surface area contributed by atoms with Crippen molar-refractivity contribution >= 4 is 17.6 Å². The van der Waals surface area contributed by atoms with E-state index in [9.17, 15) is 14.0 Å². The first-order valence-electron chi connectivity index (χ1n) is 12.2. The van der Waals surface area contributed by atoms with E-state index in [1.165, 1.54) is 17.7 Å². The largest absolute Gasteiger partial charge is 0.363 e. The highest BCUT2D eigenvalue weighted by atomic mass is 19.1. The molecule has 4 rings (SSSR count). The van der Waals surface area contributed by atoms with E-state index in [0.29, 0.717) is 31.8 Å². The third kappa shape index (κ3) is 5.40. The van der Waals surface area contributed by atoms with E-state index < -0.39 is 5.41 Å². The van der Waals surface area contributed by atoms with Gasteiger partial charge in [0.25, 0.3) is 0 Å². The van der Waals surface area contributed by atoms with Crippen LogP contribution in [0.2, 0.25) is 0 Å². The van der Waals surface area contributed by atoms with Gasteiger partial charge < -0.3 is 14.7 Å². The van der Waals surface area contributed by atoms with Crippen LogP contribution in [0.25, 0.3) is 0 Å². The molecule has 0 bridgehead atoms. The topological polar surface area (TPSA) is 56.8 Å². The number of rotatable bonds is 5. The van der Waals surface area contributed by atoms with Crippen molar-refractivity contribution in [2.24, 2.45) is 5.41 Å². The van der Waals surface area contributed by atoms with Crippen LogP contribution in [0.15, 0.2) is 42.6 Å². The maximum atomic E-state index is 13.6. The number of hydrogen-bond acceptors (Lipinski definition) is 4. The van der Waals surface area contributed by atoms with Crippen LogP contribution in [0, 0.1) is 11.2 Å². The van der Waals surface area contributed by atoms with Gasteiger partial charge >= 0.3 is 0 Å². The van der Waals surface area contributed by atoms with E-state index in [1.807, 2.05) is 35.0 Å². The van der Waals surface area contributed by atoms with Crippen LogP contribution in [-0.4, -0.2) is 66.9 Å². The van der Waals surface area contributed by atoms with Crippen LogP contribution in [0.3, 0.4) is 0 Å². The number of amides is 2. The molecule has 2 saturated heterocycles. The van der Waals surface area contributed by atoms with Gasteiger partial charge in [0.1, 0.15) is 11.6 Å². The average molecular weight is 467 g/mol. The zero-order valence-electron chi connectivity index (χ0n) is 20.5. The van der Waals surface area contributed by atoms with Crippen molar-refractivity contribution < 1.29 is 14.0 Å². The molecule has 6 nitrogen and oxygen atoms in total. The SMILES string of the molecule is CN(C)c1cc([C@@H]2CCCN(C(=O)C3(C)CCN(C(=O)Cc4ccc(F)cc4)CC3)C2)ccn1. The number of pyridine rings is 1. The molecule has 1 aromatic carbocycles. The molecule has 2 fully saturated rings. The minimum atomic E-state index is -0.443. The number of likely N-dealkylation sites (tertiary alicyclic amines) is 2. The number of anilines is 1. The van der Waals surface area contributed by atoms with Crippen LogP contribution in [0.5, 0.6) is 0 Å². The molecular weight excluding hydrogens is 431 g/mol. The maximum absolute atomic E-state index is 13.6. The molecule has 182 valence electrons. The molecule has 0 radical (unpaired) electrons. The molecule has 2 aliphatic rings. The summed E-state index contributed by atoms with van der Waals surface area (Å²) in [6.07, 6.45) is 5.52. The van der Waals surface area contributed by atoms with Gasteiger partial charge in [-0.15, -0.1) is 0 Å². The average Bonchev–Trinajstić information content (AvgIpc) is 2.85. The minimum absolute atomic E-state index is 0.0357. The van der Waals surface area contributed by atoms with Gasteiger partial charge in [-0.1, -0.05) is 19.1 Å². The first-order valence-corrected chi connectivity index (χ1v) is 12.2. The molecular formula is C27H35FN4O2. The molecule has 1 aromatic heterocycles. The van der Waals surface area contributed by atoms with E-state index in [0.717, 1.165) is 37.3 Å². The third-order valence-corrected chi connectivity index (χ3v) is 7.41. The number of carbonyl (C=O) groups is 2. The van der Waals surface area contributed by atoms with Crippen molar-refractivity contribution in [3.8, 4) is 0 Å². The molecule has 2 aliphatic heterocycles. The molecule has 0 aliphatic carbocycles. The normalized spacial score (nSPS) is 20.2. The molecule has 0 spiro atoms. The number of piperidine rings is 2. The summed E-state index contributed by atoms with van der Waals surface area (Å²) in [5, 5.41) is 0. The summed E-state index contributed by atoms with van der Waals surface area (Å²) in [5.74, 6) is 1.20. The smallest absolute Gasteiger partial charge is 0.228 e. The van der Waals surface area contributed by atoms with Gasteiger partial charge in [0, 0.05) is 57.8 Å². The van der Waals surface area contributed by atoms with Gasteiger partial charge in [0.15, 0.2) is 0 Å². The Labute approximate surface area is 201 Å². The van der Waals surface area contributed by atoms with E-state index in [4.69, 9.17) is 0 Å². The first-order chi connectivity index (χ1) is 16.2. The monoisotopic (exact) mass is 466 g/mol. The Bertz CT molecular complexity index is 1020. The van der Waals surface area contributed by atoms with Crippen molar-refractivity contribution in [3.63, 3.8) is 0 Å². The van der Waals surface area contributed by atoms with E-state index >= 15 is 0 Å². The number of hydrogen-bond donors (Lipinski definition) is 0. The Morgan fingerprint density at radius 1 is 1.09 bits per heavy atom. The summed E-state index contributed by atoms with van der Waals surface area (Å²) in [4.78, 5) is 36.6. The zero-order valence-corrected chi connectivity index (χ0v) is 20.5. The number of nitrogens with zero attached hydrogens (tertiary/aromatic N) is 4. The highest BCUT2D eigenvalue weighted by Crippen LogP contribution is 2.36. The fourth-order valence-corrected chi connectivity index (χ4v) is 5.10. The molecule has 0 saturated carbocycles. The van der Waals surface area contributed by atoms with Gasteiger partial charge in [-0.2, -0.15) is 0 Å². The molecule has 34 heavy (non-hydrogen) atoms.